The van der Waals surface area contributed by atoms with Crippen LogP contribution in [0.2, 0.25) is 0 Å². The molecular formula is C25H29ClN4O5S. The molecule has 1 unspecified atom stereocenters. The van der Waals surface area contributed by atoms with Crippen molar-refractivity contribution in [1.82, 2.24) is 10.3 Å². The molecule has 5 N–H and O–H groups in total. The minimum absolute atomic E-state index is 0. The molecule has 1 amide bonds. The van der Waals surface area contributed by atoms with E-state index in [0.29, 0.717) is 36.7 Å². The Kier molecular flexibility index (Phi) is 8.80. The summed E-state index contributed by atoms with van der Waals surface area (Å²) in [4.78, 5) is 14.7. The van der Waals surface area contributed by atoms with Crippen molar-refractivity contribution in [1.29, 1.82) is 0 Å². The number of aromatic amines is 1. The summed E-state index contributed by atoms with van der Waals surface area (Å²) in [5.74, 6) is 0.603. The van der Waals surface area contributed by atoms with Crippen LogP contribution in [-0.4, -0.2) is 50.4 Å². The highest BCUT2D eigenvalue weighted by Gasteiger charge is 2.10. The smallest absolute Gasteiger partial charge is 0.229 e. The Morgan fingerprint density at radius 3 is 2.58 bits per heavy atom. The highest BCUT2D eigenvalue weighted by atomic mass is 35.5. The van der Waals surface area contributed by atoms with Gasteiger partial charge in [-0.2, -0.15) is 0 Å². The monoisotopic (exact) mass is 532 g/mol. The van der Waals surface area contributed by atoms with Crippen molar-refractivity contribution in [3.63, 3.8) is 0 Å². The first-order valence-electron chi connectivity index (χ1n) is 11.1. The molecule has 4 aromatic rings. The van der Waals surface area contributed by atoms with Crippen LogP contribution in [0.5, 0.6) is 5.75 Å². The lowest BCUT2D eigenvalue weighted by atomic mass is 10.1. The second kappa shape index (κ2) is 11.6. The third-order valence-corrected chi connectivity index (χ3v) is 5.96. The minimum atomic E-state index is -3.38. The number of carbonyl (C=O) groups excluding carboxylic acids is 1. The van der Waals surface area contributed by atoms with E-state index in [9.17, 15) is 18.3 Å². The van der Waals surface area contributed by atoms with Gasteiger partial charge in [0.1, 0.15) is 12.4 Å². The van der Waals surface area contributed by atoms with Gasteiger partial charge in [-0.15, -0.1) is 12.4 Å². The molecule has 0 aliphatic heterocycles. The minimum Gasteiger partial charge on any atom is -0.492 e. The number of ether oxygens (including phenoxy) is 1. The van der Waals surface area contributed by atoms with E-state index >= 15 is 0 Å². The zero-order chi connectivity index (χ0) is 25.0. The van der Waals surface area contributed by atoms with E-state index in [1.54, 1.807) is 24.3 Å². The van der Waals surface area contributed by atoms with Gasteiger partial charge in [0.2, 0.25) is 15.9 Å². The first-order valence-corrected chi connectivity index (χ1v) is 13.0. The van der Waals surface area contributed by atoms with Gasteiger partial charge < -0.3 is 25.5 Å². The number of amides is 1. The van der Waals surface area contributed by atoms with Crippen LogP contribution in [0.4, 0.5) is 11.4 Å². The molecule has 0 fully saturated rings. The largest absolute Gasteiger partial charge is 0.492 e. The van der Waals surface area contributed by atoms with E-state index in [1.165, 1.54) is 6.92 Å². The van der Waals surface area contributed by atoms with Crippen LogP contribution in [0.1, 0.15) is 18.6 Å². The maximum absolute atomic E-state index is 11.4. The van der Waals surface area contributed by atoms with Gasteiger partial charge in [0, 0.05) is 53.7 Å². The molecule has 1 atom stereocenters. The molecule has 9 nitrogen and oxygen atoms in total. The molecule has 0 saturated heterocycles. The van der Waals surface area contributed by atoms with Crippen molar-refractivity contribution < 1.29 is 23.1 Å². The van der Waals surface area contributed by atoms with E-state index in [0.717, 1.165) is 33.7 Å². The molecule has 1 aromatic heterocycles. The fourth-order valence-corrected chi connectivity index (χ4v) is 4.43. The lowest BCUT2D eigenvalue weighted by molar-refractivity contribution is -0.114. The summed E-state index contributed by atoms with van der Waals surface area (Å²) in [6.07, 6.45) is 0.291. The van der Waals surface area contributed by atoms with Crippen LogP contribution in [-0.2, 0) is 14.8 Å². The predicted molar refractivity (Wildman–Crippen MR) is 146 cm³/mol. The first kappa shape index (κ1) is 27.3. The topological polar surface area (TPSA) is 133 Å². The molecule has 4 rings (SSSR count). The molecule has 0 aliphatic carbocycles. The molecule has 11 heteroatoms. The summed E-state index contributed by atoms with van der Waals surface area (Å²) in [6, 6.07) is 18.2. The molecule has 0 bridgehead atoms. The lowest BCUT2D eigenvalue weighted by Gasteiger charge is -2.14. The van der Waals surface area contributed by atoms with Crippen LogP contribution >= 0.6 is 12.4 Å². The Morgan fingerprint density at radius 2 is 1.83 bits per heavy atom. The van der Waals surface area contributed by atoms with Crippen LogP contribution < -0.4 is 20.1 Å². The lowest BCUT2D eigenvalue weighted by Crippen LogP contribution is -2.26. The zero-order valence-electron chi connectivity index (χ0n) is 19.9. The Hall–Kier alpha value is -3.31. The van der Waals surface area contributed by atoms with Gasteiger partial charge in [-0.05, 0) is 48.0 Å². The Morgan fingerprint density at radius 1 is 1.03 bits per heavy atom. The van der Waals surface area contributed by atoms with Gasteiger partial charge in [0.15, 0.2) is 0 Å². The van der Waals surface area contributed by atoms with Gasteiger partial charge in [-0.1, -0.05) is 12.1 Å². The number of benzene rings is 3. The molecule has 0 aliphatic rings. The molecule has 0 saturated carbocycles. The summed E-state index contributed by atoms with van der Waals surface area (Å²) in [5, 5.41) is 18.4. The average Bonchev–Trinajstić information content (AvgIpc) is 3.14. The van der Waals surface area contributed by atoms with Crippen LogP contribution in [0.3, 0.4) is 0 Å². The van der Waals surface area contributed by atoms with Crippen molar-refractivity contribution >= 4 is 61.5 Å². The molecule has 0 radical (unpaired) electrons. The number of H-pyrrole nitrogens is 1. The highest BCUT2D eigenvalue weighted by Crippen LogP contribution is 2.30. The Balaban J connectivity index is 0.00000361. The predicted octanol–water partition coefficient (Wildman–Crippen LogP) is 3.77. The number of aliphatic hydroxyl groups excluding tert-OH is 1. The number of nitrogens with one attached hydrogen (secondary N) is 4. The quantitative estimate of drug-likeness (QED) is 0.197. The number of aliphatic hydroxyl groups is 1. The van der Waals surface area contributed by atoms with Crippen molar-refractivity contribution in [2.45, 2.75) is 13.0 Å². The number of aromatic nitrogens is 1. The number of hydrogen-bond donors (Lipinski definition) is 5. The summed E-state index contributed by atoms with van der Waals surface area (Å²) in [6.45, 7) is 2.70. The Labute approximate surface area is 215 Å². The van der Waals surface area contributed by atoms with E-state index in [2.05, 4.69) is 20.3 Å². The number of rotatable bonds is 10. The van der Waals surface area contributed by atoms with Gasteiger partial charge in [-0.25, -0.2) is 8.42 Å². The number of sulfonamides is 1. The summed E-state index contributed by atoms with van der Waals surface area (Å²) >= 11 is 0. The van der Waals surface area contributed by atoms with Gasteiger partial charge >= 0.3 is 0 Å². The molecule has 0 spiro atoms. The normalized spacial score (nSPS) is 12.2. The van der Waals surface area contributed by atoms with Gasteiger partial charge in [0.05, 0.1) is 17.9 Å². The van der Waals surface area contributed by atoms with Crippen LogP contribution in [0.15, 0.2) is 60.7 Å². The highest BCUT2D eigenvalue weighted by molar-refractivity contribution is 7.92. The van der Waals surface area contributed by atoms with E-state index < -0.39 is 16.1 Å². The number of hydrogen-bond acceptors (Lipinski definition) is 6. The standard InChI is InChI=1S/C25H28N4O5S.ClH/c1-16(30)27-18-6-9-23-22(13-18)21-8-7-20(14-24(21)28-23)34-11-10-26-15-25(31)17-4-3-5-19(12-17)29-35(2,32)33;/h3-9,12-14,25-26,28-29,31H,10-11,15H2,1-2H3,(H,27,30);1H. The summed E-state index contributed by atoms with van der Waals surface area (Å²) in [7, 11) is -3.38. The summed E-state index contributed by atoms with van der Waals surface area (Å²) < 4.78 is 31.0. The number of halogens is 1. The van der Waals surface area contributed by atoms with Crippen molar-refractivity contribution in [3.8, 4) is 5.75 Å². The number of fused-ring (bicyclic) bond motifs is 3. The number of anilines is 2. The van der Waals surface area contributed by atoms with E-state index in [-0.39, 0.29) is 18.3 Å². The van der Waals surface area contributed by atoms with E-state index in [1.807, 2.05) is 36.4 Å². The third-order valence-electron chi connectivity index (χ3n) is 5.35. The molecule has 36 heavy (non-hydrogen) atoms. The average molecular weight is 533 g/mol. The zero-order valence-corrected chi connectivity index (χ0v) is 21.5. The molecule has 192 valence electrons. The van der Waals surface area contributed by atoms with Crippen molar-refractivity contribution in [3.05, 3.63) is 66.2 Å². The van der Waals surface area contributed by atoms with Crippen molar-refractivity contribution in [2.24, 2.45) is 0 Å². The third kappa shape index (κ3) is 7.11. The second-order valence-corrected chi connectivity index (χ2v) is 10.1. The first-order chi connectivity index (χ1) is 16.7. The van der Waals surface area contributed by atoms with Crippen molar-refractivity contribution in [2.75, 3.05) is 36.0 Å². The van der Waals surface area contributed by atoms with Crippen LogP contribution in [0, 0.1) is 0 Å². The second-order valence-electron chi connectivity index (χ2n) is 8.34. The maximum atomic E-state index is 11.4. The molecular weight excluding hydrogens is 504 g/mol. The molecule has 1 heterocycles. The number of carbonyl (C=O) groups is 1. The fraction of sp³-hybridized carbons (Fsp3) is 0.240. The van der Waals surface area contributed by atoms with E-state index in [4.69, 9.17) is 4.74 Å². The van der Waals surface area contributed by atoms with Gasteiger partial charge in [-0.3, -0.25) is 9.52 Å². The SMILES string of the molecule is CC(=O)Nc1ccc2[nH]c3cc(OCCNCC(O)c4cccc(NS(C)(=O)=O)c4)ccc3c2c1.Cl. The van der Waals surface area contributed by atoms with Crippen LogP contribution in [0.25, 0.3) is 21.8 Å². The summed E-state index contributed by atoms with van der Waals surface area (Å²) in [5.41, 5.74) is 3.67. The van der Waals surface area contributed by atoms with Gasteiger partial charge in [0.25, 0.3) is 0 Å². The Bertz CT molecular complexity index is 1470. The molecule has 3 aromatic carbocycles. The maximum Gasteiger partial charge on any atom is 0.229 e. The fourth-order valence-electron chi connectivity index (χ4n) is 3.87.